The molecule has 0 spiro atoms. The fraction of sp³-hybridized carbons (Fsp3) is 0.333. The molecule has 2 aromatic rings. The van der Waals surface area contributed by atoms with E-state index in [0.717, 1.165) is 53.3 Å². The minimum Gasteiger partial charge on any atom is -0.490 e. The van der Waals surface area contributed by atoms with E-state index in [-0.39, 0.29) is 6.10 Å². The molecule has 2 aromatic carbocycles. The maximum Gasteiger partial charge on any atom is 0.119 e. The Morgan fingerprint density at radius 2 is 1.82 bits per heavy atom. The summed E-state index contributed by atoms with van der Waals surface area (Å²) in [5.74, 6) is 0.927. The Morgan fingerprint density at radius 3 is 2.55 bits per heavy atom. The molecule has 116 valence electrons. The highest BCUT2D eigenvalue weighted by atomic mass is 79.9. The highest BCUT2D eigenvalue weighted by Crippen LogP contribution is 2.25. The third kappa shape index (κ3) is 4.25. The first-order chi connectivity index (χ1) is 10.7. The summed E-state index contributed by atoms with van der Waals surface area (Å²) in [6, 6.07) is 14.2. The summed E-state index contributed by atoms with van der Waals surface area (Å²) >= 11 is 9.74. The van der Waals surface area contributed by atoms with Crippen LogP contribution in [0.4, 0.5) is 0 Å². The number of hydrogen-bond donors (Lipinski definition) is 0. The Bertz CT molecular complexity index is 621. The molecule has 0 saturated carbocycles. The van der Waals surface area contributed by atoms with Gasteiger partial charge in [0.2, 0.25) is 0 Å². The Balaban J connectivity index is 1.64. The van der Waals surface area contributed by atoms with E-state index in [4.69, 9.17) is 21.1 Å². The second-order valence-electron chi connectivity index (χ2n) is 5.49. The van der Waals surface area contributed by atoms with Crippen LogP contribution in [0.1, 0.15) is 24.0 Å². The van der Waals surface area contributed by atoms with Gasteiger partial charge in [0.25, 0.3) is 0 Å². The molecule has 22 heavy (non-hydrogen) atoms. The van der Waals surface area contributed by atoms with Crippen molar-refractivity contribution in [2.75, 3.05) is 13.2 Å². The van der Waals surface area contributed by atoms with Crippen molar-refractivity contribution in [2.24, 2.45) is 0 Å². The van der Waals surface area contributed by atoms with E-state index in [0.29, 0.717) is 0 Å². The van der Waals surface area contributed by atoms with Crippen LogP contribution < -0.4 is 4.74 Å². The molecule has 0 bridgehead atoms. The monoisotopic (exact) mass is 380 g/mol. The summed E-state index contributed by atoms with van der Waals surface area (Å²) in [5.41, 5.74) is 2.34. The smallest absolute Gasteiger partial charge is 0.119 e. The van der Waals surface area contributed by atoms with Gasteiger partial charge in [-0.05, 0) is 47.9 Å². The van der Waals surface area contributed by atoms with Gasteiger partial charge in [-0.3, -0.25) is 0 Å². The first-order valence-electron chi connectivity index (χ1n) is 7.48. The maximum atomic E-state index is 6.25. The summed E-state index contributed by atoms with van der Waals surface area (Å²) in [6.45, 7) is 1.59. The predicted octanol–water partition coefficient (Wildman–Crippen LogP) is 5.25. The molecular formula is C18H18BrClO2. The van der Waals surface area contributed by atoms with Gasteiger partial charge in [-0.2, -0.15) is 0 Å². The fourth-order valence-electron chi connectivity index (χ4n) is 2.57. The molecule has 0 aromatic heterocycles. The third-order valence-corrected chi connectivity index (χ3v) is 4.66. The lowest BCUT2D eigenvalue weighted by Gasteiger charge is -2.23. The molecule has 1 fully saturated rings. The summed E-state index contributed by atoms with van der Waals surface area (Å²) in [6.07, 6.45) is 3.03. The minimum absolute atomic E-state index is 0.277. The second kappa shape index (κ2) is 7.49. The van der Waals surface area contributed by atoms with Crippen LogP contribution in [-0.4, -0.2) is 19.3 Å². The molecule has 3 rings (SSSR count). The molecular weight excluding hydrogens is 364 g/mol. The van der Waals surface area contributed by atoms with Crippen molar-refractivity contribution in [3.63, 3.8) is 0 Å². The average Bonchev–Trinajstić information content (AvgIpc) is 2.54. The standard InChI is InChI=1S/C18H18BrClO2/c19-15-3-6-18(20)14(12-15)11-13-1-4-16(5-2-13)22-17-7-9-21-10-8-17/h1-6,12,17H,7-11H2. The molecule has 0 aliphatic carbocycles. The van der Waals surface area contributed by atoms with E-state index in [9.17, 15) is 0 Å². The van der Waals surface area contributed by atoms with Gasteiger partial charge in [0.15, 0.2) is 0 Å². The quantitative estimate of drug-likeness (QED) is 0.720. The Kier molecular flexibility index (Phi) is 5.40. The number of ether oxygens (including phenoxy) is 2. The summed E-state index contributed by atoms with van der Waals surface area (Å²) in [4.78, 5) is 0. The van der Waals surface area contributed by atoms with E-state index < -0.39 is 0 Å². The highest BCUT2D eigenvalue weighted by molar-refractivity contribution is 9.10. The normalized spacial score (nSPS) is 15.7. The van der Waals surface area contributed by atoms with E-state index in [1.165, 1.54) is 5.56 Å². The van der Waals surface area contributed by atoms with Gasteiger partial charge in [-0.25, -0.2) is 0 Å². The van der Waals surface area contributed by atoms with Crippen molar-refractivity contribution in [3.8, 4) is 5.75 Å². The van der Waals surface area contributed by atoms with Crippen LogP contribution in [0.25, 0.3) is 0 Å². The van der Waals surface area contributed by atoms with Gasteiger partial charge in [0.1, 0.15) is 11.9 Å². The molecule has 0 atom stereocenters. The second-order valence-corrected chi connectivity index (χ2v) is 6.81. The molecule has 1 saturated heterocycles. The minimum atomic E-state index is 0.277. The SMILES string of the molecule is Clc1ccc(Br)cc1Cc1ccc(OC2CCOCC2)cc1. The van der Waals surface area contributed by atoms with Crippen molar-refractivity contribution in [3.05, 3.63) is 63.1 Å². The number of rotatable bonds is 4. The van der Waals surface area contributed by atoms with E-state index >= 15 is 0 Å². The Hall–Kier alpha value is -1.03. The van der Waals surface area contributed by atoms with E-state index in [1.54, 1.807) is 0 Å². The molecule has 2 nitrogen and oxygen atoms in total. The zero-order valence-corrected chi connectivity index (χ0v) is 14.6. The van der Waals surface area contributed by atoms with Gasteiger partial charge in [-0.1, -0.05) is 39.7 Å². The lowest BCUT2D eigenvalue weighted by molar-refractivity contribution is 0.0255. The highest BCUT2D eigenvalue weighted by Gasteiger charge is 2.15. The number of hydrogen-bond acceptors (Lipinski definition) is 2. The molecule has 1 aliphatic rings. The summed E-state index contributed by atoms with van der Waals surface area (Å²) in [5, 5.41) is 0.797. The van der Waals surface area contributed by atoms with Crippen LogP contribution in [0.5, 0.6) is 5.75 Å². The van der Waals surface area contributed by atoms with Crippen molar-refractivity contribution < 1.29 is 9.47 Å². The van der Waals surface area contributed by atoms with Crippen LogP contribution in [0.15, 0.2) is 46.9 Å². The van der Waals surface area contributed by atoms with Gasteiger partial charge < -0.3 is 9.47 Å². The van der Waals surface area contributed by atoms with Gasteiger partial charge >= 0.3 is 0 Å². The Labute approximate surface area is 144 Å². The topological polar surface area (TPSA) is 18.5 Å². The van der Waals surface area contributed by atoms with Crippen molar-refractivity contribution in [1.82, 2.24) is 0 Å². The van der Waals surface area contributed by atoms with Crippen molar-refractivity contribution in [1.29, 1.82) is 0 Å². The lowest BCUT2D eigenvalue weighted by atomic mass is 10.0. The van der Waals surface area contributed by atoms with E-state index in [1.807, 2.05) is 24.3 Å². The van der Waals surface area contributed by atoms with Gasteiger partial charge in [-0.15, -0.1) is 0 Å². The molecule has 4 heteroatoms. The third-order valence-electron chi connectivity index (χ3n) is 3.80. The van der Waals surface area contributed by atoms with Crippen molar-refractivity contribution in [2.45, 2.75) is 25.4 Å². The maximum absolute atomic E-state index is 6.25. The molecule has 0 unspecified atom stereocenters. The van der Waals surface area contributed by atoms with Crippen LogP contribution in [0.3, 0.4) is 0 Å². The molecule has 0 N–H and O–H groups in total. The van der Waals surface area contributed by atoms with Crippen LogP contribution >= 0.6 is 27.5 Å². The van der Waals surface area contributed by atoms with Crippen LogP contribution in [0, 0.1) is 0 Å². The number of halogens is 2. The van der Waals surface area contributed by atoms with Crippen LogP contribution in [-0.2, 0) is 11.2 Å². The predicted molar refractivity (Wildman–Crippen MR) is 92.9 cm³/mol. The van der Waals surface area contributed by atoms with Gasteiger partial charge in [0, 0.05) is 22.3 Å². The fourth-order valence-corrected chi connectivity index (χ4v) is 3.16. The van der Waals surface area contributed by atoms with Crippen molar-refractivity contribution >= 4 is 27.5 Å². The average molecular weight is 382 g/mol. The van der Waals surface area contributed by atoms with Gasteiger partial charge in [0.05, 0.1) is 13.2 Å². The molecule has 1 aliphatic heterocycles. The lowest BCUT2D eigenvalue weighted by Crippen LogP contribution is -2.25. The first kappa shape index (κ1) is 15.9. The zero-order valence-electron chi connectivity index (χ0n) is 12.2. The summed E-state index contributed by atoms with van der Waals surface area (Å²) < 4.78 is 12.4. The summed E-state index contributed by atoms with van der Waals surface area (Å²) in [7, 11) is 0. The van der Waals surface area contributed by atoms with E-state index in [2.05, 4.69) is 34.1 Å². The molecule has 0 radical (unpaired) electrons. The molecule has 0 amide bonds. The van der Waals surface area contributed by atoms with Crippen LogP contribution in [0.2, 0.25) is 5.02 Å². The Morgan fingerprint density at radius 1 is 1.09 bits per heavy atom. The molecule has 1 heterocycles. The first-order valence-corrected chi connectivity index (χ1v) is 8.65. The number of benzene rings is 2. The zero-order chi connectivity index (χ0) is 15.4. The largest absolute Gasteiger partial charge is 0.490 e.